The van der Waals surface area contributed by atoms with Gasteiger partial charge in [0.1, 0.15) is 0 Å². The Labute approximate surface area is 124 Å². The molecule has 3 nitrogen and oxygen atoms in total. The number of nitrogens with zero attached hydrogens (tertiary/aromatic N) is 2. The first-order valence-corrected chi connectivity index (χ1v) is 7.63. The van der Waals surface area contributed by atoms with E-state index >= 15 is 0 Å². The third kappa shape index (κ3) is 3.25. The molecule has 0 amide bonds. The van der Waals surface area contributed by atoms with Crippen molar-refractivity contribution in [2.24, 2.45) is 0 Å². The van der Waals surface area contributed by atoms with Gasteiger partial charge in [-0.1, -0.05) is 49.0 Å². The first-order chi connectivity index (χ1) is 9.29. The van der Waals surface area contributed by atoms with E-state index in [0.717, 1.165) is 10.6 Å². The lowest BCUT2D eigenvalue weighted by atomic mass is 9.89. The van der Waals surface area contributed by atoms with E-state index in [9.17, 15) is 5.11 Å². The SMILES string of the molecule is Cc1ccc(C)c(CC(O)c2snnc2C(C)(C)C)c1. The largest absolute Gasteiger partial charge is 0.387 e. The first kappa shape index (κ1) is 15.1. The minimum atomic E-state index is -0.537. The average molecular weight is 290 g/mol. The van der Waals surface area contributed by atoms with Crippen LogP contribution in [-0.2, 0) is 11.8 Å². The van der Waals surface area contributed by atoms with Crippen molar-refractivity contribution in [3.8, 4) is 0 Å². The highest BCUT2D eigenvalue weighted by atomic mass is 32.1. The number of aryl methyl sites for hydroxylation is 2. The number of aromatic nitrogens is 2. The number of aliphatic hydroxyl groups is 1. The van der Waals surface area contributed by atoms with Crippen molar-refractivity contribution in [2.75, 3.05) is 0 Å². The molecular weight excluding hydrogens is 268 g/mol. The fourth-order valence-corrected chi connectivity index (χ4v) is 3.11. The molecule has 0 bridgehead atoms. The summed E-state index contributed by atoms with van der Waals surface area (Å²) in [6.45, 7) is 10.4. The molecule has 0 fully saturated rings. The van der Waals surface area contributed by atoms with Crippen molar-refractivity contribution in [2.45, 2.75) is 52.6 Å². The van der Waals surface area contributed by atoms with Gasteiger partial charge in [0.2, 0.25) is 0 Å². The van der Waals surface area contributed by atoms with Crippen LogP contribution < -0.4 is 0 Å². The number of rotatable bonds is 3. The highest BCUT2D eigenvalue weighted by Gasteiger charge is 2.26. The second kappa shape index (κ2) is 5.62. The summed E-state index contributed by atoms with van der Waals surface area (Å²) in [5.41, 5.74) is 4.43. The lowest BCUT2D eigenvalue weighted by molar-refractivity contribution is 0.179. The van der Waals surface area contributed by atoms with Crippen LogP contribution in [0, 0.1) is 13.8 Å². The Morgan fingerprint density at radius 1 is 1.25 bits per heavy atom. The van der Waals surface area contributed by atoms with Gasteiger partial charge in [0, 0.05) is 11.8 Å². The second-order valence-electron chi connectivity index (χ2n) is 6.39. The lowest BCUT2D eigenvalue weighted by Gasteiger charge is -2.19. The van der Waals surface area contributed by atoms with Gasteiger partial charge in [-0.15, -0.1) is 5.10 Å². The number of aliphatic hydroxyl groups excluding tert-OH is 1. The normalized spacial score (nSPS) is 13.5. The van der Waals surface area contributed by atoms with Crippen molar-refractivity contribution in [3.05, 3.63) is 45.5 Å². The van der Waals surface area contributed by atoms with Crippen LogP contribution >= 0.6 is 11.5 Å². The molecule has 0 aliphatic rings. The van der Waals surface area contributed by atoms with E-state index in [-0.39, 0.29) is 5.41 Å². The van der Waals surface area contributed by atoms with E-state index in [0.29, 0.717) is 6.42 Å². The van der Waals surface area contributed by atoms with Crippen LogP contribution in [0.5, 0.6) is 0 Å². The quantitative estimate of drug-likeness (QED) is 0.937. The molecular formula is C16H22N2OS. The highest BCUT2D eigenvalue weighted by molar-refractivity contribution is 7.05. The van der Waals surface area contributed by atoms with Crippen LogP contribution in [-0.4, -0.2) is 14.7 Å². The molecule has 1 heterocycles. The molecule has 1 aromatic heterocycles. The summed E-state index contributed by atoms with van der Waals surface area (Å²) in [7, 11) is 0. The van der Waals surface area contributed by atoms with Gasteiger partial charge < -0.3 is 5.11 Å². The lowest BCUT2D eigenvalue weighted by Crippen LogP contribution is -2.16. The summed E-state index contributed by atoms with van der Waals surface area (Å²) in [4.78, 5) is 0.887. The maximum absolute atomic E-state index is 10.6. The molecule has 0 radical (unpaired) electrons. The van der Waals surface area contributed by atoms with Gasteiger partial charge in [0.15, 0.2) is 0 Å². The van der Waals surface area contributed by atoms with Crippen molar-refractivity contribution in [1.29, 1.82) is 0 Å². The summed E-state index contributed by atoms with van der Waals surface area (Å²) < 4.78 is 4.02. The smallest absolute Gasteiger partial charge is 0.0957 e. The van der Waals surface area contributed by atoms with Crippen LogP contribution in [0.1, 0.15) is 54.1 Å². The zero-order chi connectivity index (χ0) is 14.9. The van der Waals surface area contributed by atoms with Crippen molar-refractivity contribution >= 4 is 11.5 Å². The van der Waals surface area contributed by atoms with Gasteiger partial charge in [-0.25, -0.2) is 0 Å². The summed E-state index contributed by atoms with van der Waals surface area (Å²) in [6.07, 6.45) is 0.0743. The highest BCUT2D eigenvalue weighted by Crippen LogP contribution is 2.32. The molecule has 4 heteroatoms. The van der Waals surface area contributed by atoms with E-state index < -0.39 is 6.10 Å². The Hall–Kier alpha value is -1.26. The fraction of sp³-hybridized carbons (Fsp3) is 0.500. The third-order valence-corrected chi connectivity index (χ3v) is 4.27. The summed E-state index contributed by atoms with van der Waals surface area (Å²) in [6, 6.07) is 6.34. The Kier molecular flexibility index (Phi) is 4.25. The van der Waals surface area contributed by atoms with Crippen LogP contribution in [0.2, 0.25) is 0 Å². The minimum absolute atomic E-state index is 0.0923. The van der Waals surface area contributed by atoms with Gasteiger partial charge in [-0.05, 0) is 36.5 Å². The Morgan fingerprint density at radius 2 is 1.95 bits per heavy atom. The van der Waals surface area contributed by atoms with E-state index in [4.69, 9.17) is 0 Å². The standard InChI is InChI=1S/C16H22N2OS/c1-10-6-7-11(2)12(8-10)9-13(19)14-15(16(3,4)5)17-18-20-14/h6-8,13,19H,9H2,1-5H3. The zero-order valence-electron chi connectivity index (χ0n) is 12.8. The van der Waals surface area contributed by atoms with Crippen molar-refractivity contribution < 1.29 is 5.11 Å². The molecule has 2 rings (SSSR count). The van der Waals surface area contributed by atoms with Crippen LogP contribution in [0.15, 0.2) is 18.2 Å². The van der Waals surface area contributed by atoms with E-state index in [1.807, 2.05) is 0 Å². The monoisotopic (exact) mass is 290 g/mol. The van der Waals surface area contributed by atoms with Gasteiger partial charge >= 0.3 is 0 Å². The zero-order valence-corrected chi connectivity index (χ0v) is 13.6. The number of hydrogen-bond donors (Lipinski definition) is 1. The average Bonchev–Trinajstić information content (AvgIpc) is 2.82. The van der Waals surface area contributed by atoms with Gasteiger partial charge in [-0.2, -0.15) is 0 Å². The first-order valence-electron chi connectivity index (χ1n) is 6.86. The summed E-state index contributed by atoms with van der Waals surface area (Å²) in [5, 5.41) is 14.8. The molecule has 1 N–H and O–H groups in total. The second-order valence-corrected chi connectivity index (χ2v) is 7.17. The van der Waals surface area contributed by atoms with E-state index in [1.165, 1.54) is 28.2 Å². The van der Waals surface area contributed by atoms with Crippen LogP contribution in [0.4, 0.5) is 0 Å². The topological polar surface area (TPSA) is 46.0 Å². The molecule has 0 saturated carbocycles. The maximum atomic E-state index is 10.6. The number of benzene rings is 1. The molecule has 1 aromatic carbocycles. The Balaban J connectivity index is 2.27. The van der Waals surface area contributed by atoms with Gasteiger partial charge in [-0.3, -0.25) is 0 Å². The molecule has 1 atom stereocenters. The minimum Gasteiger partial charge on any atom is -0.387 e. The van der Waals surface area contributed by atoms with Crippen molar-refractivity contribution in [3.63, 3.8) is 0 Å². The summed E-state index contributed by atoms with van der Waals surface area (Å²) in [5.74, 6) is 0. The molecule has 1 unspecified atom stereocenters. The predicted molar refractivity (Wildman–Crippen MR) is 83.2 cm³/mol. The summed E-state index contributed by atoms with van der Waals surface area (Å²) >= 11 is 1.30. The van der Waals surface area contributed by atoms with E-state index in [1.54, 1.807) is 0 Å². The molecule has 108 valence electrons. The maximum Gasteiger partial charge on any atom is 0.0957 e. The number of hydrogen-bond acceptors (Lipinski definition) is 4. The van der Waals surface area contributed by atoms with Crippen LogP contribution in [0.25, 0.3) is 0 Å². The van der Waals surface area contributed by atoms with Gasteiger partial charge in [0.05, 0.1) is 16.7 Å². The molecule has 0 aliphatic heterocycles. The third-order valence-electron chi connectivity index (χ3n) is 3.44. The molecule has 0 aliphatic carbocycles. The Morgan fingerprint density at radius 3 is 2.60 bits per heavy atom. The predicted octanol–water partition coefficient (Wildman–Crippen LogP) is 3.73. The van der Waals surface area contributed by atoms with Crippen molar-refractivity contribution in [1.82, 2.24) is 9.59 Å². The van der Waals surface area contributed by atoms with Crippen LogP contribution in [0.3, 0.4) is 0 Å². The molecule has 2 aromatic rings. The Bertz CT molecular complexity index is 599. The van der Waals surface area contributed by atoms with Gasteiger partial charge in [0.25, 0.3) is 0 Å². The van der Waals surface area contributed by atoms with E-state index in [2.05, 4.69) is 62.4 Å². The fourth-order valence-electron chi connectivity index (χ4n) is 2.26. The molecule has 0 spiro atoms. The molecule has 20 heavy (non-hydrogen) atoms. The molecule has 0 saturated heterocycles.